The van der Waals surface area contributed by atoms with Crippen molar-refractivity contribution in [3.8, 4) is 5.75 Å². The van der Waals surface area contributed by atoms with Gasteiger partial charge in [-0.1, -0.05) is 25.4 Å². The topological polar surface area (TPSA) is 165 Å². The van der Waals surface area contributed by atoms with E-state index in [0.717, 1.165) is 6.54 Å². The van der Waals surface area contributed by atoms with Crippen molar-refractivity contribution >= 4 is 34.8 Å². The highest BCUT2D eigenvalue weighted by atomic mass is 35.5. The van der Waals surface area contributed by atoms with Crippen molar-refractivity contribution in [1.82, 2.24) is 9.80 Å². The molecule has 4 atom stereocenters. The van der Waals surface area contributed by atoms with Gasteiger partial charge in [0, 0.05) is 35.6 Å². The largest absolute Gasteiger partial charge is 0.508 e. The molecule has 0 heterocycles. The van der Waals surface area contributed by atoms with E-state index < -0.39 is 58.0 Å². The molecule has 0 spiro atoms. The molecule has 0 radical (unpaired) electrons. The summed E-state index contributed by atoms with van der Waals surface area (Å²) in [7, 11) is 3.12. The van der Waals surface area contributed by atoms with Gasteiger partial charge in [0.15, 0.2) is 11.4 Å². The first-order chi connectivity index (χ1) is 18.5. The minimum Gasteiger partial charge on any atom is -0.508 e. The Labute approximate surface area is 238 Å². The molecular weight excluding hydrogens is 538 g/mol. The van der Waals surface area contributed by atoms with Crippen molar-refractivity contribution in [2.45, 2.75) is 64.8 Å². The zero-order valence-corrected chi connectivity index (χ0v) is 24.4. The molecule has 11 heteroatoms. The highest BCUT2D eigenvalue weighted by Gasteiger charge is 2.64. The number of nitrogens with zero attached hydrogens (tertiary/aromatic N) is 2. The number of nitrogens with two attached hydrogens (primary N) is 1. The molecule has 1 aromatic carbocycles. The molecule has 1 amide bonds. The number of rotatable bonds is 7. The zero-order valence-electron chi connectivity index (χ0n) is 23.7. The third-order valence-corrected chi connectivity index (χ3v) is 8.90. The minimum absolute atomic E-state index is 0.00926. The molecule has 1 aromatic rings. The summed E-state index contributed by atoms with van der Waals surface area (Å²) >= 11 is 6.89. The molecule has 6 N–H and O–H groups in total. The molecule has 0 saturated heterocycles. The maximum atomic E-state index is 13.9. The number of hydrogen-bond acceptors (Lipinski definition) is 9. The highest BCUT2D eigenvalue weighted by Crippen LogP contribution is 2.53. The fourth-order valence-electron chi connectivity index (χ4n) is 6.61. The van der Waals surface area contributed by atoms with Crippen LogP contribution >= 0.6 is 11.6 Å². The molecule has 218 valence electrons. The summed E-state index contributed by atoms with van der Waals surface area (Å²) < 4.78 is 0. The van der Waals surface area contributed by atoms with E-state index in [9.17, 15) is 34.8 Å². The predicted molar refractivity (Wildman–Crippen MR) is 150 cm³/mol. The van der Waals surface area contributed by atoms with Gasteiger partial charge in [0.2, 0.25) is 5.78 Å². The molecule has 0 unspecified atom stereocenters. The first-order valence-electron chi connectivity index (χ1n) is 13.5. The molecule has 3 aliphatic rings. The number of carbonyl (C=O) groups is 3. The Kier molecular flexibility index (Phi) is 7.87. The molecule has 10 nitrogen and oxygen atoms in total. The van der Waals surface area contributed by atoms with Crippen LogP contribution in [0.3, 0.4) is 0 Å². The summed E-state index contributed by atoms with van der Waals surface area (Å²) in [5.74, 6) is -6.44. The average Bonchev–Trinajstić information content (AvgIpc) is 2.83. The number of amides is 1. The Bertz CT molecular complexity index is 1350. The van der Waals surface area contributed by atoms with Crippen LogP contribution in [0.4, 0.5) is 0 Å². The number of likely N-dealkylation sites (N-methyl/N-ethyl adjacent to an activating group) is 1. The predicted octanol–water partition coefficient (Wildman–Crippen LogP) is 2.48. The van der Waals surface area contributed by atoms with E-state index in [2.05, 4.69) is 32.6 Å². The van der Waals surface area contributed by atoms with Gasteiger partial charge in [-0.15, -0.1) is 0 Å². The number of carbonyl (C=O) groups excluding carboxylic acids is 3. The Hall–Kier alpha value is -2.92. The van der Waals surface area contributed by atoms with E-state index in [0.29, 0.717) is 28.6 Å². The number of aliphatic hydroxyl groups excluding tert-OH is 2. The number of ketones is 2. The summed E-state index contributed by atoms with van der Waals surface area (Å²) in [5.41, 5.74) is 2.78. The number of aliphatic hydroxyl groups is 3. The standard InChI is InChI=1S/C29H38ClN3O7/c1-12(2)10-33(13(3)4)11-15-9-18(34)20-16(22(15)30)7-14-8-17-23(32(5)6)25(36)21(28(31)39)27(38)29(17,40)26(37)19(14)24(20)35/h9,12-14,17,23,34-35,38,40H,7-8,10-11H2,1-6H3,(H2,31,39)/t14-,17-,23-,29-/m0/s1. The van der Waals surface area contributed by atoms with Gasteiger partial charge < -0.3 is 26.2 Å². The average molecular weight is 576 g/mol. The summed E-state index contributed by atoms with van der Waals surface area (Å²) in [5, 5.41) is 45.4. The van der Waals surface area contributed by atoms with Crippen LogP contribution in [0, 0.1) is 17.8 Å². The molecule has 0 aliphatic heterocycles. The second-order valence-corrected chi connectivity index (χ2v) is 12.5. The highest BCUT2D eigenvalue weighted by molar-refractivity contribution is 6.32. The quantitative estimate of drug-likeness (QED) is 0.307. The van der Waals surface area contributed by atoms with E-state index in [-0.39, 0.29) is 35.8 Å². The lowest BCUT2D eigenvalue weighted by Crippen LogP contribution is -2.65. The number of aromatic hydroxyl groups is 1. The van der Waals surface area contributed by atoms with Crippen molar-refractivity contribution in [1.29, 1.82) is 0 Å². The minimum atomic E-state index is -2.67. The van der Waals surface area contributed by atoms with Crippen molar-refractivity contribution < 1.29 is 34.8 Å². The van der Waals surface area contributed by atoms with Crippen LogP contribution in [0.5, 0.6) is 5.75 Å². The summed E-state index contributed by atoms with van der Waals surface area (Å²) in [6.45, 7) is 9.65. The number of phenols is 1. The van der Waals surface area contributed by atoms with Gasteiger partial charge in [-0.3, -0.25) is 24.2 Å². The molecule has 0 bridgehead atoms. The van der Waals surface area contributed by atoms with Gasteiger partial charge in [-0.25, -0.2) is 0 Å². The number of benzene rings is 1. The van der Waals surface area contributed by atoms with Gasteiger partial charge in [0.25, 0.3) is 5.91 Å². The smallest absolute Gasteiger partial charge is 0.255 e. The molecule has 0 aromatic heterocycles. The van der Waals surface area contributed by atoms with Gasteiger partial charge in [0.05, 0.1) is 11.6 Å². The van der Waals surface area contributed by atoms with Gasteiger partial charge in [0.1, 0.15) is 22.8 Å². The maximum Gasteiger partial charge on any atom is 0.255 e. The zero-order chi connectivity index (χ0) is 30.0. The molecule has 1 saturated carbocycles. The summed E-state index contributed by atoms with van der Waals surface area (Å²) in [4.78, 5) is 42.9. The van der Waals surface area contributed by atoms with Crippen molar-refractivity contribution in [3.63, 3.8) is 0 Å². The fraction of sp³-hybridized carbons (Fsp3) is 0.552. The second kappa shape index (κ2) is 10.5. The van der Waals surface area contributed by atoms with E-state index in [1.807, 2.05) is 0 Å². The van der Waals surface area contributed by atoms with E-state index in [1.165, 1.54) is 11.0 Å². The lowest BCUT2D eigenvalue weighted by molar-refractivity contribution is -0.153. The number of halogens is 1. The van der Waals surface area contributed by atoms with Crippen LogP contribution in [-0.2, 0) is 27.3 Å². The van der Waals surface area contributed by atoms with Crippen molar-refractivity contribution in [3.05, 3.63) is 44.7 Å². The SMILES string of the molecule is CC(C)CN(Cc1cc(O)c2c(c1Cl)C[C@H]1C[C@H]3[C@H](N(C)C)C(=O)C(C(N)=O)=C(O)[C@@]3(O)C(=O)C1=C2O)C(C)C. The van der Waals surface area contributed by atoms with Crippen LogP contribution in [0.1, 0.15) is 50.8 Å². The maximum absolute atomic E-state index is 13.9. The number of hydrogen-bond donors (Lipinski definition) is 5. The lowest BCUT2D eigenvalue weighted by atomic mass is 9.57. The van der Waals surface area contributed by atoms with E-state index >= 15 is 0 Å². The fourth-order valence-corrected chi connectivity index (χ4v) is 6.89. The van der Waals surface area contributed by atoms with Crippen LogP contribution in [0.2, 0.25) is 5.02 Å². The lowest BCUT2D eigenvalue weighted by Gasteiger charge is -2.50. The molecule has 40 heavy (non-hydrogen) atoms. The molecular formula is C29H38ClN3O7. The van der Waals surface area contributed by atoms with Crippen LogP contribution in [-0.4, -0.2) is 86.0 Å². The molecule has 1 fully saturated rings. The van der Waals surface area contributed by atoms with E-state index in [1.54, 1.807) is 14.1 Å². The molecule has 4 rings (SSSR count). The Morgan fingerprint density at radius 2 is 1.80 bits per heavy atom. The number of Topliss-reactive ketones (excluding diaryl/α,β-unsaturated/α-hetero) is 2. The Balaban J connectivity index is 1.87. The van der Waals surface area contributed by atoms with Crippen LogP contribution in [0.15, 0.2) is 23.0 Å². The Morgan fingerprint density at radius 3 is 2.33 bits per heavy atom. The summed E-state index contributed by atoms with van der Waals surface area (Å²) in [6.07, 6.45) is 0.166. The number of fused-ring (bicyclic) bond motifs is 3. The normalized spacial score (nSPS) is 26.6. The first kappa shape index (κ1) is 30.0. The number of primary amides is 1. The van der Waals surface area contributed by atoms with E-state index in [4.69, 9.17) is 17.3 Å². The van der Waals surface area contributed by atoms with Crippen LogP contribution < -0.4 is 5.73 Å². The van der Waals surface area contributed by atoms with Gasteiger partial charge in [-0.05, 0) is 69.8 Å². The third kappa shape index (κ3) is 4.51. The second-order valence-electron chi connectivity index (χ2n) is 12.1. The monoisotopic (exact) mass is 575 g/mol. The Morgan fingerprint density at radius 1 is 1.18 bits per heavy atom. The van der Waals surface area contributed by atoms with Gasteiger partial charge >= 0.3 is 0 Å². The first-order valence-corrected chi connectivity index (χ1v) is 13.8. The number of phenolic OH excluding ortho intramolecular Hbond substituents is 1. The van der Waals surface area contributed by atoms with Crippen molar-refractivity contribution in [2.75, 3.05) is 20.6 Å². The third-order valence-electron chi connectivity index (χ3n) is 8.43. The van der Waals surface area contributed by atoms with Crippen molar-refractivity contribution in [2.24, 2.45) is 23.5 Å². The molecule has 3 aliphatic carbocycles. The van der Waals surface area contributed by atoms with Crippen LogP contribution in [0.25, 0.3) is 5.76 Å². The summed E-state index contributed by atoms with van der Waals surface area (Å²) in [6, 6.07) is 0.550. The van der Waals surface area contributed by atoms with Gasteiger partial charge in [-0.2, -0.15) is 0 Å².